The van der Waals surface area contributed by atoms with Crippen molar-refractivity contribution in [3.8, 4) is 10.4 Å². The van der Waals surface area contributed by atoms with Crippen LogP contribution in [0.3, 0.4) is 0 Å². The summed E-state index contributed by atoms with van der Waals surface area (Å²) in [4.78, 5) is 28.8. The number of rotatable bonds is 5. The van der Waals surface area contributed by atoms with Gasteiger partial charge >= 0.3 is 5.97 Å². The Kier molecular flexibility index (Phi) is 4.70. The van der Waals surface area contributed by atoms with Crippen molar-refractivity contribution in [2.75, 3.05) is 0 Å². The van der Waals surface area contributed by atoms with Gasteiger partial charge in [0.1, 0.15) is 11.3 Å². The number of aromatic nitrogens is 1. The Morgan fingerprint density at radius 3 is 2.71 bits per heavy atom. The third-order valence-corrected chi connectivity index (χ3v) is 5.44. The van der Waals surface area contributed by atoms with Gasteiger partial charge in [-0.2, -0.15) is 0 Å². The van der Waals surface area contributed by atoms with Crippen LogP contribution in [0.25, 0.3) is 21.5 Å². The lowest BCUT2D eigenvalue weighted by atomic mass is 10.0. The summed E-state index contributed by atoms with van der Waals surface area (Å²) in [5.74, 6) is -2.43. The molecule has 0 amide bonds. The fourth-order valence-corrected chi connectivity index (χ4v) is 4.12. The minimum Gasteiger partial charge on any atom is -0.478 e. The second-order valence-corrected chi connectivity index (χ2v) is 7.30. The Hall–Kier alpha value is -3.03. The molecule has 4 rings (SSSR count). The summed E-state index contributed by atoms with van der Waals surface area (Å²) >= 11 is 6.82. The van der Waals surface area contributed by atoms with Crippen molar-refractivity contribution < 1.29 is 23.5 Å². The number of carbonyl (C=O) groups is 2. The number of para-hydroxylation sites is 2. The van der Waals surface area contributed by atoms with E-state index >= 15 is 0 Å². The average molecular weight is 416 g/mol. The molecule has 0 unspecified atom stereocenters. The normalized spacial score (nSPS) is 11.1. The van der Waals surface area contributed by atoms with Gasteiger partial charge in [-0.3, -0.25) is 4.79 Å². The van der Waals surface area contributed by atoms with Crippen molar-refractivity contribution in [1.82, 2.24) is 4.98 Å². The fraction of sp³-hybridized carbons (Fsp3) is 0.0500. The Morgan fingerprint density at radius 1 is 1.21 bits per heavy atom. The van der Waals surface area contributed by atoms with E-state index in [1.54, 1.807) is 24.3 Å². The van der Waals surface area contributed by atoms with Crippen LogP contribution in [0.2, 0.25) is 5.02 Å². The van der Waals surface area contributed by atoms with E-state index < -0.39 is 17.6 Å². The SMILES string of the molecule is O=C(Cc1csc(-c2ccc(Cl)cc2F)c1C(=O)O)c1nc2ccccc2o1. The topological polar surface area (TPSA) is 80.4 Å². The van der Waals surface area contributed by atoms with E-state index in [-0.39, 0.29) is 38.9 Å². The molecule has 0 saturated heterocycles. The zero-order valence-corrected chi connectivity index (χ0v) is 15.7. The monoisotopic (exact) mass is 415 g/mol. The largest absolute Gasteiger partial charge is 0.478 e. The van der Waals surface area contributed by atoms with E-state index in [4.69, 9.17) is 16.0 Å². The van der Waals surface area contributed by atoms with Crippen molar-refractivity contribution >= 4 is 45.8 Å². The first kappa shape index (κ1) is 18.3. The van der Waals surface area contributed by atoms with E-state index in [0.29, 0.717) is 11.1 Å². The number of Topliss-reactive ketones (excluding diaryl/α,β-unsaturated/α-hetero) is 1. The number of carbonyl (C=O) groups excluding carboxylic acids is 1. The predicted molar refractivity (Wildman–Crippen MR) is 104 cm³/mol. The second kappa shape index (κ2) is 7.18. The van der Waals surface area contributed by atoms with Crippen LogP contribution in [-0.2, 0) is 6.42 Å². The number of aromatic carboxylic acids is 1. The maximum Gasteiger partial charge on any atom is 0.337 e. The number of nitrogens with zero attached hydrogens (tertiary/aromatic N) is 1. The van der Waals surface area contributed by atoms with Crippen LogP contribution in [0.15, 0.2) is 52.3 Å². The Bertz CT molecular complexity index is 1200. The predicted octanol–water partition coefficient (Wildman–Crippen LogP) is 5.47. The molecule has 2 heterocycles. The molecule has 4 aromatic rings. The van der Waals surface area contributed by atoms with Crippen molar-refractivity contribution in [3.05, 3.63) is 75.7 Å². The number of carboxylic acid groups (broad SMARTS) is 1. The second-order valence-electron chi connectivity index (χ2n) is 5.98. The van der Waals surface area contributed by atoms with Gasteiger partial charge in [0.05, 0.1) is 10.4 Å². The van der Waals surface area contributed by atoms with Crippen LogP contribution in [-0.4, -0.2) is 21.8 Å². The summed E-state index contributed by atoms with van der Waals surface area (Å²) in [7, 11) is 0. The standard InChI is InChI=1S/C20H11ClFNO4S/c21-11-5-6-12(13(22)8-11)18-17(20(25)26)10(9-28-18)7-15(24)19-23-14-3-1-2-4-16(14)27-19/h1-6,8-9H,7H2,(H,25,26). The maximum atomic E-state index is 14.3. The van der Waals surface area contributed by atoms with Gasteiger partial charge in [-0.1, -0.05) is 23.7 Å². The van der Waals surface area contributed by atoms with Crippen molar-refractivity contribution in [1.29, 1.82) is 0 Å². The highest BCUT2D eigenvalue weighted by Crippen LogP contribution is 2.36. The highest BCUT2D eigenvalue weighted by atomic mass is 35.5. The minimum atomic E-state index is -1.24. The number of fused-ring (bicyclic) bond motifs is 1. The molecule has 0 saturated carbocycles. The number of ketones is 1. The Balaban J connectivity index is 1.71. The number of hydrogen-bond acceptors (Lipinski definition) is 5. The van der Waals surface area contributed by atoms with Crippen molar-refractivity contribution in [3.63, 3.8) is 0 Å². The molecule has 0 bridgehead atoms. The Morgan fingerprint density at radius 2 is 2.00 bits per heavy atom. The van der Waals surface area contributed by atoms with Gasteiger partial charge in [0.15, 0.2) is 5.58 Å². The zero-order chi connectivity index (χ0) is 19.8. The molecule has 0 aliphatic rings. The van der Waals surface area contributed by atoms with Crippen LogP contribution < -0.4 is 0 Å². The van der Waals surface area contributed by atoms with Gasteiger partial charge in [-0.15, -0.1) is 11.3 Å². The molecule has 28 heavy (non-hydrogen) atoms. The van der Waals surface area contributed by atoms with Crippen LogP contribution in [0.1, 0.15) is 26.6 Å². The smallest absolute Gasteiger partial charge is 0.337 e. The number of benzene rings is 2. The molecule has 8 heteroatoms. The summed E-state index contributed by atoms with van der Waals surface area (Å²) in [6.45, 7) is 0. The quantitative estimate of drug-likeness (QED) is 0.437. The summed E-state index contributed by atoms with van der Waals surface area (Å²) in [6, 6.07) is 10.9. The highest BCUT2D eigenvalue weighted by Gasteiger charge is 2.25. The molecule has 0 fully saturated rings. The highest BCUT2D eigenvalue weighted by molar-refractivity contribution is 7.14. The van der Waals surface area contributed by atoms with E-state index in [1.165, 1.54) is 17.5 Å². The van der Waals surface area contributed by atoms with E-state index in [1.807, 2.05) is 0 Å². The molecule has 140 valence electrons. The third kappa shape index (κ3) is 3.30. The fourth-order valence-electron chi connectivity index (χ4n) is 2.87. The van der Waals surface area contributed by atoms with Gasteiger partial charge in [0.25, 0.3) is 5.89 Å². The lowest BCUT2D eigenvalue weighted by Crippen LogP contribution is -2.08. The van der Waals surface area contributed by atoms with E-state index in [9.17, 15) is 19.1 Å². The number of oxazole rings is 1. The number of hydrogen-bond donors (Lipinski definition) is 1. The summed E-state index contributed by atoms with van der Waals surface area (Å²) in [6.07, 6.45) is -0.222. The molecule has 2 aromatic heterocycles. The Labute approximate surface area is 167 Å². The average Bonchev–Trinajstić information content (AvgIpc) is 3.26. The van der Waals surface area contributed by atoms with Crippen molar-refractivity contribution in [2.24, 2.45) is 0 Å². The number of carboxylic acids is 1. The zero-order valence-electron chi connectivity index (χ0n) is 14.1. The summed E-state index contributed by atoms with van der Waals surface area (Å²) < 4.78 is 19.7. The van der Waals surface area contributed by atoms with E-state index in [2.05, 4.69) is 4.98 Å². The van der Waals surface area contributed by atoms with Crippen LogP contribution in [0.4, 0.5) is 4.39 Å². The molecule has 0 radical (unpaired) electrons. The van der Waals surface area contributed by atoms with E-state index in [0.717, 1.165) is 17.4 Å². The van der Waals surface area contributed by atoms with Gasteiger partial charge < -0.3 is 9.52 Å². The van der Waals surface area contributed by atoms with Crippen LogP contribution in [0.5, 0.6) is 0 Å². The minimum absolute atomic E-state index is 0.0945. The third-order valence-electron chi connectivity index (χ3n) is 4.14. The molecule has 0 atom stereocenters. The van der Waals surface area contributed by atoms with Gasteiger partial charge in [-0.25, -0.2) is 14.2 Å². The maximum absolute atomic E-state index is 14.3. The molecule has 0 aliphatic heterocycles. The van der Waals surface area contributed by atoms with Gasteiger partial charge in [-0.05, 0) is 41.3 Å². The van der Waals surface area contributed by atoms with Crippen LogP contribution in [0, 0.1) is 5.82 Å². The van der Waals surface area contributed by atoms with Gasteiger partial charge in [0.2, 0.25) is 5.78 Å². The summed E-state index contributed by atoms with van der Waals surface area (Å²) in [5.41, 5.74) is 1.29. The molecule has 5 nitrogen and oxygen atoms in total. The molecule has 1 N–H and O–H groups in total. The first-order valence-corrected chi connectivity index (χ1v) is 9.37. The molecular formula is C20H11ClFNO4S. The molecule has 0 spiro atoms. The molecule has 2 aromatic carbocycles. The number of halogens is 2. The number of thiophene rings is 1. The molecular weight excluding hydrogens is 405 g/mol. The van der Waals surface area contributed by atoms with Crippen LogP contribution >= 0.6 is 22.9 Å². The lowest BCUT2D eigenvalue weighted by Gasteiger charge is -2.05. The first-order valence-electron chi connectivity index (χ1n) is 8.12. The van der Waals surface area contributed by atoms with Crippen molar-refractivity contribution in [2.45, 2.75) is 6.42 Å². The van der Waals surface area contributed by atoms with Gasteiger partial charge in [0, 0.05) is 17.0 Å². The molecule has 0 aliphatic carbocycles. The first-order chi connectivity index (χ1) is 13.4. The lowest BCUT2D eigenvalue weighted by molar-refractivity contribution is 0.0697. The summed E-state index contributed by atoms with van der Waals surface area (Å²) in [5, 5.41) is 11.4.